The monoisotopic (exact) mass is 266 g/mol. The lowest BCUT2D eigenvalue weighted by molar-refractivity contribution is 0.111. The van der Waals surface area contributed by atoms with Crippen LogP contribution >= 0.6 is 0 Å². The fourth-order valence-electron chi connectivity index (χ4n) is 2.84. The van der Waals surface area contributed by atoms with Crippen molar-refractivity contribution in [1.82, 2.24) is 0 Å². The Labute approximate surface area is 119 Å². The zero-order valence-corrected chi connectivity index (χ0v) is 11.7. The maximum Gasteiger partial charge on any atom is 0.153 e. The van der Waals surface area contributed by atoms with Crippen molar-refractivity contribution in [2.45, 2.75) is 32.8 Å². The molecule has 2 aromatic carbocycles. The first-order valence-electron chi connectivity index (χ1n) is 7.06. The van der Waals surface area contributed by atoms with Crippen molar-refractivity contribution in [3.63, 3.8) is 0 Å². The molecule has 0 saturated carbocycles. The number of benzene rings is 2. The van der Waals surface area contributed by atoms with E-state index in [-0.39, 0.29) is 0 Å². The molecule has 2 aromatic rings. The van der Waals surface area contributed by atoms with Crippen LogP contribution in [0.1, 0.15) is 39.0 Å². The van der Waals surface area contributed by atoms with E-state index in [0.717, 1.165) is 11.8 Å². The van der Waals surface area contributed by atoms with Crippen LogP contribution in [0.5, 0.6) is 5.75 Å². The minimum atomic E-state index is 0.513. The van der Waals surface area contributed by atoms with Gasteiger partial charge < -0.3 is 4.74 Å². The predicted octanol–water partition coefficient (Wildman–Crippen LogP) is 3.88. The number of carbonyl (C=O) groups is 1. The Morgan fingerprint density at radius 1 is 1.15 bits per heavy atom. The third-order valence-electron chi connectivity index (χ3n) is 3.92. The van der Waals surface area contributed by atoms with Crippen molar-refractivity contribution >= 4 is 6.29 Å². The smallest absolute Gasteiger partial charge is 0.153 e. The topological polar surface area (TPSA) is 26.3 Å². The molecule has 102 valence electrons. The number of aryl methyl sites for hydroxylation is 3. The third-order valence-corrected chi connectivity index (χ3v) is 3.92. The zero-order chi connectivity index (χ0) is 13.9. The van der Waals surface area contributed by atoms with E-state index >= 15 is 0 Å². The highest BCUT2D eigenvalue weighted by atomic mass is 16.5. The summed E-state index contributed by atoms with van der Waals surface area (Å²) in [5.41, 5.74) is 5.71. The average molecular weight is 266 g/mol. The van der Waals surface area contributed by atoms with Crippen molar-refractivity contribution in [1.29, 1.82) is 0 Å². The Balaban J connectivity index is 1.78. The molecule has 0 aliphatic heterocycles. The van der Waals surface area contributed by atoms with Crippen molar-refractivity contribution in [2.24, 2.45) is 0 Å². The maximum absolute atomic E-state index is 11.1. The van der Waals surface area contributed by atoms with Crippen LogP contribution in [0.25, 0.3) is 0 Å². The molecule has 1 aliphatic rings. The van der Waals surface area contributed by atoms with Crippen LogP contribution in [0.15, 0.2) is 36.4 Å². The molecule has 0 bridgehead atoms. The van der Waals surface area contributed by atoms with Gasteiger partial charge in [-0.25, -0.2) is 0 Å². The molecule has 0 unspecified atom stereocenters. The summed E-state index contributed by atoms with van der Waals surface area (Å²) < 4.78 is 5.87. The van der Waals surface area contributed by atoms with Gasteiger partial charge in [0.25, 0.3) is 0 Å². The van der Waals surface area contributed by atoms with Gasteiger partial charge in [-0.2, -0.15) is 0 Å². The zero-order valence-electron chi connectivity index (χ0n) is 11.7. The summed E-state index contributed by atoms with van der Waals surface area (Å²) in [4.78, 5) is 11.1. The minimum Gasteiger partial charge on any atom is -0.488 e. The van der Waals surface area contributed by atoms with Crippen LogP contribution in [-0.4, -0.2) is 6.29 Å². The van der Waals surface area contributed by atoms with Crippen molar-refractivity contribution in [3.8, 4) is 5.75 Å². The second-order valence-corrected chi connectivity index (χ2v) is 5.36. The van der Waals surface area contributed by atoms with Gasteiger partial charge in [0.2, 0.25) is 0 Å². The summed E-state index contributed by atoms with van der Waals surface area (Å²) in [5, 5.41) is 0. The number of hydrogen-bond acceptors (Lipinski definition) is 2. The van der Waals surface area contributed by atoms with Gasteiger partial charge >= 0.3 is 0 Å². The van der Waals surface area contributed by atoms with E-state index < -0.39 is 0 Å². The van der Waals surface area contributed by atoms with Crippen LogP contribution in [-0.2, 0) is 19.4 Å². The Hall–Kier alpha value is -2.09. The van der Waals surface area contributed by atoms with Crippen LogP contribution in [0.4, 0.5) is 0 Å². The second kappa shape index (κ2) is 5.49. The van der Waals surface area contributed by atoms with Crippen LogP contribution in [0, 0.1) is 6.92 Å². The first-order valence-corrected chi connectivity index (χ1v) is 7.06. The summed E-state index contributed by atoms with van der Waals surface area (Å²) in [6, 6.07) is 12.2. The fraction of sp³-hybridized carbons (Fsp3) is 0.278. The van der Waals surface area contributed by atoms with Crippen molar-refractivity contribution in [3.05, 3.63) is 64.2 Å². The van der Waals surface area contributed by atoms with Crippen LogP contribution in [0.2, 0.25) is 0 Å². The molecule has 1 aliphatic carbocycles. The summed E-state index contributed by atoms with van der Waals surface area (Å²) in [7, 11) is 0. The van der Waals surface area contributed by atoms with E-state index in [4.69, 9.17) is 4.74 Å². The van der Waals surface area contributed by atoms with Gasteiger partial charge in [-0.15, -0.1) is 0 Å². The van der Waals surface area contributed by atoms with Gasteiger partial charge in [0.15, 0.2) is 6.29 Å². The molecule has 0 aromatic heterocycles. The first kappa shape index (κ1) is 12.9. The number of aldehydes is 1. The highest BCUT2D eigenvalue weighted by Crippen LogP contribution is 2.25. The van der Waals surface area contributed by atoms with E-state index in [1.54, 1.807) is 6.07 Å². The first-order chi connectivity index (χ1) is 9.78. The number of rotatable bonds is 4. The van der Waals surface area contributed by atoms with Crippen molar-refractivity contribution < 1.29 is 9.53 Å². The van der Waals surface area contributed by atoms with E-state index in [1.165, 1.54) is 36.0 Å². The average Bonchev–Trinajstić information content (AvgIpc) is 2.93. The summed E-state index contributed by atoms with van der Waals surface area (Å²) in [5.74, 6) is 0.697. The Morgan fingerprint density at radius 2 is 2.00 bits per heavy atom. The molecule has 20 heavy (non-hydrogen) atoms. The Bertz CT molecular complexity index is 644. The minimum absolute atomic E-state index is 0.513. The van der Waals surface area contributed by atoms with Gasteiger partial charge in [0.05, 0.1) is 5.56 Å². The van der Waals surface area contributed by atoms with E-state index in [1.807, 2.05) is 19.1 Å². The second-order valence-electron chi connectivity index (χ2n) is 5.36. The molecule has 2 nitrogen and oxygen atoms in total. The molecule has 0 heterocycles. The molecule has 0 fully saturated rings. The molecular weight excluding hydrogens is 248 g/mol. The number of para-hydroxylation sites is 1. The van der Waals surface area contributed by atoms with E-state index in [0.29, 0.717) is 17.9 Å². The largest absolute Gasteiger partial charge is 0.488 e. The summed E-state index contributed by atoms with van der Waals surface area (Å²) in [6.45, 7) is 2.48. The molecule has 0 atom stereocenters. The van der Waals surface area contributed by atoms with Gasteiger partial charge in [-0.1, -0.05) is 30.3 Å². The number of carbonyl (C=O) groups excluding carboxylic acids is 1. The molecule has 0 saturated heterocycles. The highest BCUT2D eigenvalue weighted by Gasteiger charge is 2.11. The van der Waals surface area contributed by atoms with Gasteiger partial charge in [-0.3, -0.25) is 4.79 Å². The SMILES string of the molecule is Cc1cccc(C=O)c1OCc1ccc2c(c1)CCC2. The van der Waals surface area contributed by atoms with Gasteiger partial charge in [-0.05, 0) is 54.5 Å². The molecular formula is C18H18O2. The quantitative estimate of drug-likeness (QED) is 0.785. The van der Waals surface area contributed by atoms with E-state index in [2.05, 4.69) is 18.2 Å². The molecule has 0 N–H and O–H groups in total. The van der Waals surface area contributed by atoms with Gasteiger partial charge in [0, 0.05) is 0 Å². The molecule has 3 rings (SSSR count). The number of ether oxygens (including phenoxy) is 1. The summed E-state index contributed by atoms with van der Waals surface area (Å²) >= 11 is 0. The normalized spacial score (nSPS) is 13.1. The standard InChI is InChI=1S/C18H18O2/c1-13-4-2-7-17(11-19)18(13)20-12-14-8-9-15-5-3-6-16(15)10-14/h2,4,7-11H,3,5-6,12H2,1H3. The third kappa shape index (κ3) is 2.46. The molecule has 2 heteroatoms. The summed E-state index contributed by atoms with van der Waals surface area (Å²) in [6.07, 6.45) is 4.48. The molecule has 0 amide bonds. The van der Waals surface area contributed by atoms with E-state index in [9.17, 15) is 4.79 Å². The molecule has 0 spiro atoms. The Kier molecular flexibility index (Phi) is 3.55. The van der Waals surface area contributed by atoms with Crippen LogP contribution < -0.4 is 4.74 Å². The number of hydrogen-bond donors (Lipinski definition) is 0. The highest BCUT2D eigenvalue weighted by molar-refractivity contribution is 5.80. The lowest BCUT2D eigenvalue weighted by Crippen LogP contribution is -2.01. The Morgan fingerprint density at radius 3 is 2.85 bits per heavy atom. The maximum atomic E-state index is 11.1. The van der Waals surface area contributed by atoms with Crippen molar-refractivity contribution in [2.75, 3.05) is 0 Å². The van der Waals surface area contributed by atoms with Gasteiger partial charge in [0.1, 0.15) is 12.4 Å². The fourth-order valence-corrected chi connectivity index (χ4v) is 2.84. The van der Waals surface area contributed by atoms with Crippen LogP contribution in [0.3, 0.4) is 0 Å². The lowest BCUT2D eigenvalue weighted by Gasteiger charge is -2.12. The lowest BCUT2D eigenvalue weighted by atomic mass is 10.1. The molecule has 0 radical (unpaired) electrons. The predicted molar refractivity (Wildman–Crippen MR) is 79.4 cm³/mol. The number of fused-ring (bicyclic) bond motifs is 1.